The van der Waals surface area contributed by atoms with Gasteiger partial charge < -0.3 is 15.1 Å². The van der Waals surface area contributed by atoms with Crippen LogP contribution >= 0.6 is 11.6 Å². The molecule has 2 heterocycles. The second kappa shape index (κ2) is 10.3. The quantitative estimate of drug-likeness (QED) is 0.536. The second-order valence-electron chi connectivity index (χ2n) is 8.53. The second-order valence-corrected chi connectivity index (χ2v) is 8.96. The van der Waals surface area contributed by atoms with Crippen molar-refractivity contribution in [3.05, 3.63) is 64.9 Å². The lowest BCUT2D eigenvalue weighted by Crippen LogP contribution is -2.50. The molecule has 2 aromatic rings. The molecule has 0 unspecified atom stereocenters. The zero-order chi connectivity index (χ0) is 22.5. The third-order valence-electron chi connectivity index (χ3n) is 6.06. The van der Waals surface area contributed by atoms with Gasteiger partial charge in [-0.2, -0.15) is 0 Å². The SMILES string of the molecule is C/C(=C(\N=C(/NCC(=O)N1CCN(C)CC1)C1CC1)c1ccc(Cl)cc1)c1ccncc1. The van der Waals surface area contributed by atoms with E-state index in [1.54, 1.807) is 12.4 Å². The maximum Gasteiger partial charge on any atom is 0.241 e. The third kappa shape index (κ3) is 5.75. The number of allylic oxidation sites excluding steroid dienone is 1. The molecule has 1 aromatic heterocycles. The average Bonchev–Trinajstić information content (AvgIpc) is 3.66. The number of rotatable bonds is 6. The van der Waals surface area contributed by atoms with E-state index in [0.29, 0.717) is 10.9 Å². The Morgan fingerprint density at radius 1 is 1.06 bits per heavy atom. The topological polar surface area (TPSA) is 60.8 Å². The molecule has 1 N–H and O–H groups in total. The number of amidine groups is 1. The van der Waals surface area contributed by atoms with E-state index >= 15 is 0 Å². The molecule has 6 nitrogen and oxygen atoms in total. The lowest BCUT2D eigenvalue weighted by molar-refractivity contribution is -0.131. The molecule has 1 amide bonds. The number of likely N-dealkylation sites (N-methyl/N-ethyl adjacent to an activating group) is 1. The lowest BCUT2D eigenvalue weighted by atomic mass is 10.0. The van der Waals surface area contributed by atoms with Crippen LogP contribution in [0.25, 0.3) is 11.3 Å². The molecule has 1 saturated heterocycles. The number of hydrogen-bond acceptors (Lipinski definition) is 4. The highest BCUT2D eigenvalue weighted by molar-refractivity contribution is 6.30. The fraction of sp³-hybridized carbons (Fsp3) is 0.400. The molecule has 1 saturated carbocycles. The molecule has 0 atom stereocenters. The number of piperazine rings is 1. The molecule has 2 aliphatic rings. The van der Waals surface area contributed by atoms with Gasteiger partial charge in [-0.25, -0.2) is 4.99 Å². The monoisotopic (exact) mass is 451 g/mol. The van der Waals surface area contributed by atoms with Gasteiger partial charge in [0.05, 0.1) is 12.2 Å². The van der Waals surface area contributed by atoms with Crippen molar-refractivity contribution in [2.24, 2.45) is 10.9 Å². The van der Waals surface area contributed by atoms with Gasteiger partial charge in [0.2, 0.25) is 5.91 Å². The smallest absolute Gasteiger partial charge is 0.241 e. The van der Waals surface area contributed by atoms with E-state index in [0.717, 1.165) is 67.3 Å². The lowest BCUT2D eigenvalue weighted by Gasteiger charge is -2.32. The zero-order valence-corrected chi connectivity index (χ0v) is 19.5. The van der Waals surface area contributed by atoms with Gasteiger partial charge in [-0.05, 0) is 62.2 Å². The van der Waals surface area contributed by atoms with Crippen molar-refractivity contribution in [2.45, 2.75) is 19.8 Å². The van der Waals surface area contributed by atoms with Gasteiger partial charge in [-0.15, -0.1) is 0 Å². The van der Waals surface area contributed by atoms with Crippen LogP contribution in [0.3, 0.4) is 0 Å². The van der Waals surface area contributed by atoms with Gasteiger partial charge in [0.1, 0.15) is 5.84 Å². The van der Waals surface area contributed by atoms with E-state index in [-0.39, 0.29) is 12.5 Å². The van der Waals surface area contributed by atoms with Gasteiger partial charge in [-0.1, -0.05) is 23.7 Å². The maximum absolute atomic E-state index is 12.8. The summed E-state index contributed by atoms with van der Waals surface area (Å²) in [5.41, 5.74) is 4.00. The number of aromatic nitrogens is 1. The van der Waals surface area contributed by atoms with Crippen LogP contribution in [-0.4, -0.2) is 66.3 Å². The number of carbonyl (C=O) groups is 1. The highest BCUT2D eigenvalue weighted by Crippen LogP contribution is 2.33. The van der Waals surface area contributed by atoms with Crippen LogP contribution in [0.2, 0.25) is 5.02 Å². The Hall–Kier alpha value is -2.70. The number of carbonyl (C=O) groups excluding carboxylic acids is 1. The first-order chi connectivity index (χ1) is 15.5. The first kappa shape index (κ1) is 22.5. The van der Waals surface area contributed by atoms with E-state index in [2.05, 4.69) is 29.2 Å². The summed E-state index contributed by atoms with van der Waals surface area (Å²) in [5, 5.41) is 4.07. The van der Waals surface area contributed by atoms with Gasteiger partial charge in [0.25, 0.3) is 0 Å². The number of nitrogens with one attached hydrogen (secondary N) is 1. The Labute approximate surface area is 195 Å². The molecule has 0 bridgehead atoms. The predicted molar refractivity (Wildman–Crippen MR) is 130 cm³/mol. The highest BCUT2D eigenvalue weighted by Gasteiger charge is 2.29. The Morgan fingerprint density at radius 3 is 2.34 bits per heavy atom. The number of aliphatic imine (C=N–C) groups is 1. The summed E-state index contributed by atoms with van der Waals surface area (Å²) >= 11 is 6.13. The van der Waals surface area contributed by atoms with Crippen LogP contribution in [0.5, 0.6) is 0 Å². The first-order valence-corrected chi connectivity index (χ1v) is 11.5. The van der Waals surface area contributed by atoms with Crippen LogP contribution in [0, 0.1) is 5.92 Å². The van der Waals surface area contributed by atoms with Crippen LogP contribution in [0.1, 0.15) is 30.9 Å². The van der Waals surface area contributed by atoms with Crippen molar-refractivity contribution in [3.8, 4) is 0 Å². The third-order valence-corrected chi connectivity index (χ3v) is 6.31. The number of hydrogen-bond donors (Lipinski definition) is 1. The van der Waals surface area contributed by atoms with Crippen molar-refractivity contribution in [3.63, 3.8) is 0 Å². The molecular formula is C25H30ClN5O. The molecule has 1 aliphatic carbocycles. The molecule has 1 aliphatic heterocycles. The van der Waals surface area contributed by atoms with Crippen molar-refractivity contribution in [1.29, 1.82) is 0 Å². The van der Waals surface area contributed by atoms with E-state index < -0.39 is 0 Å². The number of nitrogens with zero attached hydrogens (tertiary/aromatic N) is 4. The number of halogens is 1. The van der Waals surface area contributed by atoms with Crippen LogP contribution in [0.4, 0.5) is 0 Å². The van der Waals surface area contributed by atoms with Gasteiger partial charge >= 0.3 is 0 Å². The van der Waals surface area contributed by atoms with Gasteiger partial charge in [-0.3, -0.25) is 9.78 Å². The molecule has 0 spiro atoms. The van der Waals surface area contributed by atoms with Crippen molar-refractivity contribution in [2.75, 3.05) is 39.8 Å². The van der Waals surface area contributed by atoms with E-state index in [4.69, 9.17) is 16.6 Å². The summed E-state index contributed by atoms with van der Waals surface area (Å²) in [6.07, 6.45) is 5.76. The van der Waals surface area contributed by atoms with Crippen molar-refractivity contribution in [1.82, 2.24) is 20.1 Å². The van der Waals surface area contributed by atoms with Crippen molar-refractivity contribution >= 4 is 34.6 Å². The summed E-state index contributed by atoms with van der Waals surface area (Å²) in [6.45, 7) is 5.76. The normalized spacial score (nSPS) is 18.3. The highest BCUT2D eigenvalue weighted by atomic mass is 35.5. The number of pyridine rings is 1. The van der Waals surface area contributed by atoms with Crippen LogP contribution in [-0.2, 0) is 4.79 Å². The van der Waals surface area contributed by atoms with Crippen LogP contribution in [0.15, 0.2) is 53.8 Å². The Kier molecular flexibility index (Phi) is 7.22. The Bertz CT molecular complexity index is 991. The van der Waals surface area contributed by atoms with Crippen LogP contribution < -0.4 is 5.32 Å². The summed E-state index contributed by atoms with van der Waals surface area (Å²) in [5.74, 6) is 1.41. The van der Waals surface area contributed by atoms with E-state index in [1.165, 1.54) is 0 Å². The molecule has 4 rings (SSSR count). The summed E-state index contributed by atoms with van der Waals surface area (Å²) in [6, 6.07) is 11.7. The summed E-state index contributed by atoms with van der Waals surface area (Å²) in [7, 11) is 2.09. The fourth-order valence-electron chi connectivity index (χ4n) is 3.80. The number of amides is 1. The molecular weight excluding hydrogens is 422 g/mol. The average molecular weight is 452 g/mol. The molecule has 7 heteroatoms. The molecule has 2 fully saturated rings. The summed E-state index contributed by atoms with van der Waals surface area (Å²) in [4.78, 5) is 26.2. The minimum absolute atomic E-state index is 0.134. The first-order valence-electron chi connectivity index (χ1n) is 11.2. The zero-order valence-electron chi connectivity index (χ0n) is 18.7. The maximum atomic E-state index is 12.8. The Balaban J connectivity index is 1.59. The van der Waals surface area contributed by atoms with E-state index in [1.807, 2.05) is 41.3 Å². The molecule has 1 aromatic carbocycles. The summed E-state index contributed by atoms with van der Waals surface area (Å²) < 4.78 is 0. The Morgan fingerprint density at radius 2 is 1.72 bits per heavy atom. The minimum atomic E-state index is 0.134. The van der Waals surface area contributed by atoms with E-state index in [9.17, 15) is 4.79 Å². The number of benzene rings is 1. The van der Waals surface area contributed by atoms with Gasteiger partial charge in [0, 0.05) is 55.1 Å². The van der Waals surface area contributed by atoms with Gasteiger partial charge in [0.15, 0.2) is 0 Å². The predicted octanol–water partition coefficient (Wildman–Crippen LogP) is 3.80. The van der Waals surface area contributed by atoms with Crippen molar-refractivity contribution < 1.29 is 4.79 Å². The standard InChI is InChI=1S/C25H30ClN5O/c1-18(19-9-11-27-12-10-19)24(20-5-7-22(26)8-6-20)29-25(21-3-4-21)28-17-23(32)31-15-13-30(2)14-16-31/h5-12,21H,3-4,13-17H2,1-2H3,(H,28,29)/b24-18+. The fourth-order valence-corrected chi connectivity index (χ4v) is 3.92. The molecule has 168 valence electrons. The minimum Gasteiger partial charge on any atom is -0.364 e. The molecule has 32 heavy (non-hydrogen) atoms. The largest absolute Gasteiger partial charge is 0.364 e. The molecule has 0 radical (unpaired) electrons.